The molecule has 0 radical (unpaired) electrons. The highest BCUT2D eigenvalue weighted by atomic mass is 16.6. The average molecular weight is 453 g/mol. The van der Waals surface area contributed by atoms with Gasteiger partial charge < -0.3 is 10.6 Å². The Hall–Kier alpha value is -4.23. The van der Waals surface area contributed by atoms with Crippen LogP contribution in [0.25, 0.3) is 11.3 Å². The van der Waals surface area contributed by atoms with Crippen LogP contribution >= 0.6 is 0 Å². The van der Waals surface area contributed by atoms with E-state index in [0.717, 1.165) is 37.3 Å². The molecule has 170 valence electrons. The monoisotopic (exact) mass is 452 g/mol. The molecule has 5 rings (SSSR count). The molecule has 3 aromatic carbocycles. The highest BCUT2D eigenvalue weighted by molar-refractivity contribution is 6.37. The molecule has 0 bridgehead atoms. The molecule has 2 aliphatic rings. The smallest absolute Gasteiger partial charge is 0.270 e. The first-order chi connectivity index (χ1) is 16.6. The number of benzene rings is 3. The van der Waals surface area contributed by atoms with Gasteiger partial charge in [-0.2, -0.15) is 0 Å². The van der Waals surface area contributed by atoms with Gasteiger partial charge in [0.15, 0.2) is 0 Å². The first kappa shape index (κ1) is 21.6. The van der Waals surface area contributed by atoms with E-state index in [4.69, 9.17) is 0 Å². The summed E-state index contributed by atoms with van der Waals surface area (Å²) >= 11 is 0. The zero-order valence-corrected chi connectivity index (χ0v) is 18.5. The van der Waals surface area contributed by atoms with E-state index in [9.17, 15) is 14.9 Å². The van der Waals surface area contributed by atoms with Gasteiger partial charge in [0.1, 0.15) is 0 Å². The largest absolute Gasteiger partial charge is 0.354 e. The number of anilines is 2. The Morgan fingerprint density at radius 1 is 1.03 bits per heavy atom. The van der Waals surface area contributed by atoms with Crippen LogP contribution in [-0.2, 0) is 11.3 Å². The van der Waals surface area contributed by atoms with Crippen LogP contribution in [-0.4, -0.2) is 28.8 Å². The minimum absolute atomic E-state index is 0.0583. The van der Waals surface area contributed by atoms with Crippen molar-refractivity contribution in [3.05, 3.63) is 112 Å². The highest BCUT2D eigenvalue weighted by Gasteiger charge is 2.30. The summed E-state index contributed by atoms with van der Waals surface area (Å²) in [7, 11) is 0. The lowest BCUT2D eigenvalue weighted by atomic mass is 9.99. The second kappa shape index (κ2) is 9.33. The van der Waals surface area contributed by atoms with Gasteiger partial charge in [-0.05, 0) is 35.7 Å². The lowest BCUT2D eigenvalue weighted by molar-refractivity contribution is -0.384. The molecular formula is C27H24N4O3. The van der Waals surface area contributed by atoms with Crippen LogP contribution in [0.2, 0.25) is 0 Å². The van der Waals surface area contributed by atoms with Crippen LogP contribution in [0.3, 0.4) is 0 Å². The number of nitrogens with one attached hydrogen (secondary N) is 2. The quantitative estimate of drug-likeness (QED) is 0.230. The van der Waals surface area contributed by atoms with Gasteiger partial charge in [-0.1, -0.05) is 54.6 Å². The van der Waals surface area contributed by atoms with E-state index in [-0.39, 0.29) is 11.6 Å². The fourth-order valence-electron chi connectivity index (χ4n) is 4.33. The van der Waals surface area contributed by atoms with Crippen LogP contribution in [0.5, 0.6) is 0 Å². The summed E-state index contributed by atoms with van der Waals surface area (Å²) in [6, 6.07) is 22.1. The number of rotatable bonds is 6. The van der Waals surface area contributed by atoms with Gasteiger partial charge in [0.05, 0.1) is 16.2 Å². The van der Waals surface area contributed by atoms with Crippen molar-refractivity contribution >= 4 is 34.2 Å². The van der Waals surface area contributed by atoms with Gasteiger partial charge >= 0.3 is 0 Å². The maximum atomic E-state index is 13.0. The van der Waals surface area contributed by atoms with Crippen LogP contribution in [0, 0.1) is 10.1 Å². The molecule has 0 atom stereocenters. The van der Waals surface area contributed by atoms with Crippen LogP contribution in [0.15, 0.2) is 84.9 Å². The number of hydrogen-bond donors (Lipinski definition) is 2. The zero-order chi connectivity index (χ0) is 23.5. The number of non-ortho nitro benzene ring substituents is 1. The predicted molar refractivity (Wildman–Crippen MR) is 134 cm³/mol. The molecule has 1 amide bonds. The minimum atomic E-state index is -0.451. The number of carbonyl (C=O) groups is 1. The average Bonchev–Trinajstić information content (AvgIpc) is 3.19. The standard InChI is InChI=1S/C27H24N4O3/c32-27-25(23-17-22(31(33)34)13-14-24(23)29-27)26(20-7-3-1-4-8-20)28-21-11-9-19(10-12-21)18-30-15-5-2-6-16-30/h1-5,7-14,17,28H,6,15-16,18H2,(H,29,32). The van der Waals surface area contributed by atoms with Crippen molar-refractivity contribution in [3.63, 3.8) is 0 Å². The number of carbonyl (C=O) groups excluding carboxylic acids is 1. The Labute approximate surface area is 197 Å². The maximum Gasteiger partial charge on any atom is 0.270 e. The first-order valence-electron chi connectivity index (χ1n) is 11.2. The van der Waals surface area contributed by atoms with Crippen LogP contribution in [0.4, 0.5) is 17.1 Å². The Bertz CT molecular complexity index is 1300. The summed E-state index contributed by atoms with van der Waals surface area (Å²) < 4.78 is 0. The van der Waals surface area contributed by atoms with Gasteiger partial charge in [0.25, 0.3) is 11.6 Å². The normalized spacial score (nSPS) is 16.6. The van der Waals surface area contributed by atoms with E-state index in [1.807, 2.05) is 42.5 Å². The highest BCUT2D eigenvalue weighted by Crippen LogP contribution is 2.39. The van der Waals surface area contributed by atoms with E-state index in [2.05, 4.69) is 39.8 Å². The summed E-state index contributed by atoms with van der Waals surface area (Å²) in [6.07, 6.45) is 5.50. The van der Waals surface area contributed by atoms with E-state index >= 15 is 0 Å². The number of nitrogens with zero attached hydrogens (tertiary/aromatic N) is 2. The van der Waals surface area contributed by atoms with Gasteiger partial charge in [-0.15, -0.1) is 0 Å². The molecule has 2 aliphatic heterocycles. The summed E-state index contributed by atoms with van der Waals surface area (Å²) in [6.45, 7) is 2.91. The summed E-state index contributed by atoms with van der Waals surface area (Å²) in [5.74, 6) is -0.295. The van der Waals surface area contributed by atoms with E-state index in [1.54, 1.807) is 6.07 Å². The molecule has 2 N–H and O–H groups in total. The molecule has 2 heterocycles. The summed E-state index contributed by atoms with van der Waals surface area (Å²) in [5, 5.41) is 17.6. The van der Waals surface area contributed by atoms with Gasteiger partial charge in [0, 0.05) is 48.7 Å². The lowest BCUT2D eigenvalue weighted by Crippen LogP contribution is -2.26. The van der Waals surface area contributed by atoms with Crippen molar-refractivity contribution < 1.29 is 9.72 Å². The van der Waals surface area contributed by atoms with Crippen molar-refractivity contribution in [1.29, 1.82) is 0 Å². The Morgan fingerprint density at radius 2 is 1.82 bits per heavy atom. The molecule has 34 heavy (non-hydrogen) atoms. The Morgan fingerprint density at radius 3 is 2.53 bits per heavy atom. The third-order valence-electron chi connectivity index (χ3n) is 6.04. The number of fused-ring (bicyclic) bond motifs is 1. The number of amides is 1. The number of hydrogen-bond acceptors (Lipinski definition) is 5. The molecule has 3 aromatic rings. The van der Waals surface area contributed by atoms with Gasteiger partial charge in [-0.3, -0.25) is 19.8 Å². The summed E-state index contributed by atoms with van der Waals surface area (Å²) in [4.78, 5) is 26.3. The van der Waals surface area contributed by atoms with Crippen molar-refractivity contribution in [2.45, 2.75) is 13.0 Å². The summed E-state index contributed by atoms with van der Waals surface area (Å²) in [5.41, 5.74) is 4.87. The number of nitro groups is 1. The third-order valence-corrected chi connectivity index (χ3v) is 6.04. The molecule has 0 aromatic heterocycles. The van der Waals surface area contributed by atoms with E-state index < -0.39 is 4.92 Å². The molecule has 0 aliphatic carbocycles. The molecule has 0 saturated carbocycles. The molecular weight excluding hydrogens is 428 g/mol. The SMILES string of the molecule is O=C1Nc2ccc([N+](=O)[O-])cc2C1=C(Nc1ccc(CN2CC=CCC2)cc1)c1ccccc1. The second-order valence-electron chi connectivity index (χ2n) is 8.37. The maximum absolute atomic E-state index is 13.0. The molecule has 7 nitrogen and oxygen atoms in total. The minimum Gasteiger partial charge on any atom is -0.354 e. The predicted octanol–water partition coefficient (Wildman–Crippen LogP) is 5.29. The van der Waals surface area contributed by atoms with Crippen molar-refractivity contribution in [1.82, 2.24) is 4.90 Å². The van der Waals surface area contributed by atoms with Crippen molar-refractivity contribution in [3.8, 4) is 0 Å². The number of nitro benzene ring substituents is 1. The van der Waals surface area contributed by atoms with Gasteiger partial charge in [-0.25, -0.2) is 0 Å². The first-order valence-corrected chi connectivity index (χ1v) is 11.2. The molecule has 7 heteroatoms. The zero-order valence-electron chi connectivity index (χ0n) is 18.5. The fourth-order valence-corrected chi connectivity index (χ4v) is 4.33. The topological polar surface area (TPSA) is 87.5 Å². The van der Waals surface area contributed by atoms with Gasteiger partial charge in [0.2, 0.25) is 0 Å². The lowest BCUT2D eigenvalue weighted by Gasteiger charge is -2.23. The van der Waals surface area contributed by atoms with Crippen LogP contribution in [0.1, 0.15) is 23.1 Å². The van der Waals surface area contributed by atoms with E-state index in [1.165, 1.54) is 17.7 Å². The van der Waals surface area contributed by atoms with Crippen molar-refractivity contribution in [2.24, 2.45) is 0 Å². The second-order valence-corrected chi connectivity index (χ2v) is 8.37. The molecule has 0 spiro atoms. The fraction of sp³-hybridized carbons (Fsp3) is 0.148. The molecule has 0 saturated heterocycles. The molecule has 0 unspecified atom stereocenters. The Kier molecular flexibility index (Phi) is 5.93. The van der Waals surface area contributed by atoms with Crippen LogP contribution < -0.4 is 10.6 Å². The third kappa shape index (κ3) is 4.46. The van der Waals surface area contributed by atoms with E-state index in [0.29, 0.717) is 22.5 Å². The van der Waals surface area contributed by atoms with Crippen molar-refractivity contribution in [2.75, 3.05) is 23.7 Å². The molecule has 0 fully saturated rings. The Balaban J connectivity index is 1.51.